The molecule has 0 saturated carbocycles. The molecule has 0 atom stereocenters. The maximum absolute atomic E-state index is 13.6. The van der Waals surface area contributed by atoms with E-state index in [4.69, 9.17) is 4.42 Å². The maximum atomic E-state index is 13.6. The van der Waals surface area contributed by atoms with Gasteiger partial charge < -0.3 is 4.42 Å². The van der Waals surface area contributed by atoms with Gasteiger partial charge in [0.25, 0.3) is 0 Å². The fraction of sp³-hybridized carbons (Fsp3) is 0.0667. The zero-order chi connectivity index (χ0) is 15.6. The average Bonchev–Trinajstić information content (AvgIpc) is 3.17. The van der Waals surface area contributed by atoms with Crippen molar-refractivity contribution in [2.24, 2.45) is 0 Å². The smallest absolute Gasteiger partial charge is 0.243 e. The number of benzene rings is 1. The van der Waals surface area contributed by atoms with Crippen LogP contribution < -0.4 is 4.72 Å². The first kappa shape index (κ1) is 15.0. The molecule has 2 aromatic heterocycles. The summed E-state index contributed by atoms with van der Waals surface area (Å²) in [6.45, 7) is 0.110. The molecule has 3 aromatic rings. The summed E-state index contributed by atoms with van der Waals surface area (Å²) in [5.74, 6) is -0.764. The molecule has 0 saturated heterocycles. The standard InChI is InChI=1S/C15H12FNO3S2/c16-14-3-1-2-4-15(14)22(18,19)17-8-13-7-12(10-21-13)11-5-6-20-9-11/h1-7,9-10,17H,8H2. The Hall–Kier alpha value is -1.96. The molecule has 114 valence electrons. The second-order valence-corrected chi connectivity index (χ2v) is 7.30. The second-order valence-electron chi connectivity index (χ2n) is 4.57. The number of rotatable bonds is 5. The van der Waals surface area contributed by atoms with Gasteiger partial charge in [0.1, 0.15) is 10.7 Å². The lowest BCUT2D eigenvalue weighted by atomic mass is 10.2. The number of hydrogen-bond acceptors (Lipinski definition) is 4. The number of furan rings is 1. The first-order chi connectivity index (χ1) is 10.6. The zero-order valence-electron chi connectivity index (χ0n) is 11.3. The lowest BCUT2D eigenvalue weighted by Gasteiger charge is -2.06. The highest BCUT2D eigenvalue weighted by atomic mass is 32.2. The van der Waals surface area contributed by atoms with Gasteiger partial charge in [0, 0.05) is 17.0 Å². The van der Waals surface area contributed by atoms with Gasteiger partial charge >= 0.3 is 0 Å². The monoisotopic (exact) mass is 337 g/mol. The normalized spacial score (nSPS) is 11.7. The Morgan fingerprint density at radius 3 is 2.73 bits per heavy atom. The van der Waals surface area contributed by atoms with E-state index >= 15 is 0 Å². The van der Waals surface area contributed by atoms with Crippen molar-refractivity contribution in [1.29, 1.82) is 0 Å². The molecule has 2 heterocycles. The Balaban J connectivity index is 1.74. The minimum atomic E-state index is -3.87. The van der Waals surface area contributed by atoms with Crippen molar-refractivity contribution in [3.63, 3.8) is 0 Å². The molecule has 3 rings (SSSR count). The van der Waals surface area contributed by atoms with Gasteiger partial charge in [-0.25, -0.2) is 17.5 Å². The summed E-state index contributed by atoms with van der Waals surface area (Å²) in [6, 6.07) is 9.00. The Kier molecular flexibility index (Phi) is 4.10. The van der Waals surface area contributed by atoms with Gasteiger partial charge in [-0.15, -0.1) is 11.3 Å². The number of halogens is 1. The highest BCUT2D eigenvalue weighted by Crippen LogP contribution is 2.26. The molecule has 0 fully saturated rings. The van der Waals surface area contributed by atoms with E-state index in [1.54, 1.807) is 12.5 Å². The van der Waals surface area contributed by atoms with Crippen LogP contribution in [0.25, 0.3) is 11.1 Å². The third-order valence-electron chi connectivity index (χ3n) is 3.07. The van der Waals surface area contributed by atoms with Crippen LogP contribution in [0, 0.1) is 5.82 Å². The first-order valence-electron chi connectivity index (χ1n) is 6.40. The van der Waals surface area contributed by atoms with Crippen molar-refractivity contribution in [3.8, 4) is 11.1 Å². The Morgan fingerprint density at radius 1 is 1.18 bits per heavy atom. The summed E-state index contributed by atoms with van der Waals surface area (Å²) in [6.07, 6.45) is 3.20. The highest BCUT2D eigenvalue weighted by Gasteiger charge is 2.18. The lowest BCUT2D eigenvalue weighted by molar-refractivity contribution is 0.557. The summed E-state index contributed by atoms with van der Waals surface area (Å²) in [5, 5.41) is 1.91. The van der Waals surface area contributed by atoms with Crippen LogP contribution in [0.3, 0.4) is 0 Å². The van der Waals surface area contributed by atoms with Crippen LogP contribution in [0.15, 0.2) is 63.6 Å². The van der Waals surface area contributed by atoms with Crippen LogP contribution in [-0.4, -0.2) is 8.42 Å². The molecule has 0 radical (unpaired) electrons. The van der Waals surface area contributed by atoms with E-state index in [2.05, 4.69) is 4.72 Å². The Morgan fingerprint density at radius 2 is 2.00 bits per heavy atom. The summed E-state index contributed by atoms with van der Waals surface area (Å²) >= 11 is 1.43. The number of thiophene rings is 1. The fourth-order valence-corrected chi connectivity index (χ4v) is 3.97. The van der Waals surface area contributed by atoms with Gasteiger partial charge in [0.05, 0.1) is 12.5 Å². The summed E-state index contributed by atoms with van der Waals surface area (Å²) in [4.78, 5) is 0.484. The number of sulfonamides is 1. The van der Waals surface area contributed by atoms with Crippen LogP contribution in [0.4, 0.5) is 4.39 Å². The van der Waals surface area contributed by atoms with E-state index in [-0.39, 0.29) is 11.4 Å². The van der Waals surface area contributed by atoms with E-state index < -0.39 is 15.8 Å². The Labute approximate surface area is 131 Å². The second kappa shape index (κ2) is 6.04. The fourth-order valence-electron chi connectivity index (χ4n) is 1.96. The van der Waals surface area contributed by atoms with Crippen LogP contribution in [-0.2, 0) is 16.6 Å². The molecule has 0 bridgehead atoms. The summed E-state index contributed by atoms with van der Waals surface area (Å²) < 4.78 is 45.2. The van der Waals surface area contributed by atoms with Gasteiger partial charge in [0.15, 0.2) is 0 Å². The molecule has 0 aliphatic rings. The molecule has 7 heteroatoms. The molecule has 0 spiro atoms. The molecule has 4 nitrogen and oxygen atoms in total. The van der Waals surface area contributed by atoms with Crippen LogP contribution in [0.2, 0.25) is 0 Å². The van der Waals surface area contributed by atoms with E-state index in [0.717, 1.165) is 22.1 Å². The number of nitrogens with one attached hydrogen (secondary N) is 1. The molecule has 1 N–H and O–H groups in total. The predicted molar refractivity (Wildman–Crippen MR) is 82.4 cm³/mol. The molecular formula is C15H12FNO3S2. The summed E-state index contributed by atoms with van der Waals surface area (Å²) in [7, 11) is -3.87. The topological polar surface area (TPSA) is 59.3 Å². The van der Waals surface area contributed by atoms with Crippen molar-refractivity contribution in [2.45, 2.75) is 11.4 Å². The quantitative estimate of drug-likeness (QED) is 0.773. The van der Waals surface area contributed by atoms with E-state index in [1.165, 1.54) is 29.5 Å². The van der Waals surface area contributed by atoms with Crippen LogP contribution >= 0.6 is 11.3 Å². The largest absolute Gasteiger partial charge is 0.472 e. The molecular weight excluding hydrogens is 325 g/mol. The lowest BCUT2D eigenvalue weighted by Crippen LogP contribution is -2.23. The van der Waals surface area contributed by atoms with Crippen molar-refractivity contribution >= 4 is 21.4 Å². The highest BCUT2D eigenvalue weighted by molar-refractivity contribution is 7.89. The first-order valence-corrected chi connectivity index (χ1v) is 8.77. The minimum Gasteiger partial charge on any atom is -0.472 e. The van der Waals surface area contributed by atoms with E-state index in [9.17, 15) is 12.8 Å². The molecule has 22 heavy (non-hydrogen) atoms. The van der Waals surface area contributed by atoms with Gasteiger partial charge in [-0.05, 0) is 35.2 Å². The SMILES string of the molecule is O=S(=O)(NCc1cc(-c2ccoc2)cs1)c1ccccc1F. The van der Waals surface area contributed by atoms with Gasteiger partial charge in [-0.3, -0.25) is 0 Å². The molecule has 0 unspecified atom stereocenters. The van der Waals surface area contributed by atoms with Crippen molar-refractivity contribution < 1.29 is 17.2 Å². The molecule has 0 aliphatic heterocycles. The predicted octanol–water partition coefficient (Wildman–Crippen LogP) is 3.63. The van der Waals surface area contributed by atoms with Crippen molar-refractivity contribution in [3.05, 3.63) is 65.0 Å². The Bertz CT molecular complexity index is 870. The molecule has 1 aromatic carbocycles. The third kappa shape index (κ3) is 3.11. The van der Waals surface area contributed by atoms with E-state index in [0.29, 0.717) is 0 Å². The average molecular weight is 337 g/mol. The summed E-state index contributed by atoms with van der Waals surface area (Å²) in [5.41, 5.74) is 1.89. The van der Waals surface area contributed by atoms with Crippen LogP contribution in [0.1, 0.15) is 4.88 Å². The molecule has 0 aliphatic carbocycles. The van der Waals surface area contributed by atoms with Gasteiger partial charge in [-0.1, -0.05) is 12.1 Å². The van der Waals surface area contributed by atoms with Crippen molar-refractivity contribution in [1.82, 2.24) is 4.72 Å². The van der Waals surface area contributed by atoms with Gasteiger partial charge in [0.2, 0.25) is 10.0 Å². The third-order valence-corrected chi connectivity index (χ3v) is 5.44. The molecule has 0 amide bonds. The zero-order valence-corrected chi connectivity index (χ0v) is 13.0. The van der Waals surface area contributed by atoms with Crippen molar-refractivity contribution in [2.75, 3.05) is 0 Å². The minimum absolute atomic E-state index is 0.110. The van der Waals surface area contributed by atoms with Gasteiger partial charge in [-0.2, -0.15) is 0 Å². The maximum Gasteiger partial charge on any atom is 0.243 e. The van der Waals surface area contributed by atoms with E-state index in [1.807, 2.05) is 17.5 Å². The number of hydrogen-bond donors (Lipinski definition) is 1. The van der Waals surface area contributed by atoms with Crippen LogP contribution in [0.5, 0.6) is 0 Å².